The van der Waals surface area contributed by atoms with Gasteiger partial charge in [-0.05, 0) is 36.0 Å². The molecule has 13 heavy (non-hydrogen) atoms. The molecule has 0 amide bonds. The molecule has 0 unspecified atom stereocenters. The Morgan fingerprint density at radius 1 is 1.54 bits per heavy atom. The van der Waals surface area contributed by atoms with Gasteiger partial charge in [-0.25, -0.2) is 4.98 Å². The van der Waals surface area contributed by atoms with Crippen LogP contribution in [0.15, 0.2) is 18.3 Å². The molecule has 1 aliphatic carbocycles. The van der Waals surface area contributed by atoms with Crippen molar-refractivity contribution >= 4 is 5.57 Å². The number of aromatic hydroxyl groups is 1. The molecule has 0 aromatic carbocycles. The van der Waals surface area contributed by atoms with Gasteiger partial charge in [0, 0.05) is 12.3 Å². The molecule has 1 aromatic heterocycles. The molecule has 0 saturated heterocycles. The van der Waals surface area contributed by atoms with E-state index in [2.05, 4.69) is 18.0 Å². The van der Waals surface area contributed by atoms with Gasteiger partial charge in [-0.1, -0.05) is 13.0 Å². The zero-order chi connectivity index (χ0) is 9.26. The van der Waals surface area contributed by atoms with E-state index < -0.39 is 0 Å². The Balaban J connectivity index is 2.49. The summed E-state index contributed by atoms with van der Waals surface area (Å²) < 4.78 is 0. The van der Waals surface area contributed by atoms with E-state index in [4.69, 9.17) is 0 Å². The maximum atomic E-state index is 9.22. The van der Waals surface area contributed by atoms with Gasteiger partial charge in [0.1, 0.15) is 0 Å². The smallest absolute Gasteiger partial charge is 0.210 e. The molecule has 1 aromatic rings. The highest BCUT2D eigenvalue weighted by Gasteiger charge is 2.11. The minimum Gasteiger partial charge on any atom is -0.493 e. The SMILES string of the molecule is CCC1=CCCc2cc(O)ncc21. The summed E-state index contributed by atoms with van der Waals surface area (Å²) in [6, 6.07) is 1.78. The van der Waals surface area contributed by atoms with Crippen molar-refractivity contribution in [2.24, 2.45) is 0 Å². The maximum absolute atomic E-state index is 9.22. The van der Waals surface area contributed by atoms with Gasteiger partial charge in [0.05, 0.1) is 0 Å². The molecule has 2 nitrogen and oxygen atoms in total. The summed E-state index contributed by atoms with van der Waals surface area (Å²) in [6.07, 6.45) is 7.19. The van der Waals surface area contributed by atoms with Crippen LogP contribution in [0.3, 0.4) is 0 Å². The second kappa shape index (κ2) is 3.21. The zero-order valence-electron chi connectivity index (χ0n) is 7.75. The molecule has 2 rings (SSSR count). The van der Waals surface area contributed by atoms with Crippen LogP contribution in [0, 0.1) is 0 Å². The van der Waals surface area contributed by atoms with Gasteiger partial charge in [0.25, 0.3) is 0 Å². The first-order chi connectivity index (χ1) is 6.31. The van der Waals surface area contributed by atoms with Crippen molar-refractivity contribution in [3.8, 4) is 5.88 Å². The molecule has 2 heteroatoms. The summed E-state index contributed by atoms with van der Waals surface area (Å²) in [4.78, 5) is 3.91. The summed E-state index contributed by atoms with van der Waals surface area (Å²) in [5.41, 5.74) is 3.80. The van der Waals surface area contributed by atoms with Gasteiger partial charge < -0.3 is 5.11 Å². The van der Waals surface area contributed by atoms with E-state index in [1.807, 2.05) is 0 Å². The maximum Gasteiger partial charge on any atom is 0.210 e. The Morgan fingerprint density at radius 2 is 2.38 bits per heavy atom. The number of rotatable bonds is 1. The first kappa shape index (κ1) is 8.30. The van der Waals surface area contributed by atoms with Crippen LogP contribution in [0.25, 0.3) is 5.57 Å². The van der Waals surface area contributed by atoms with Crippen LogP contribution in [-0.4, -0.2) is 10.1 Å². The van der Waals surface area contributed by atoms with E-state index in [1.165, 1.54) is 16.7 Å². The second-order valence-electron chi connectivity index (χ2n) is 3.32. The predicted molar refractivity (Wildman–Crippen MR) is 52.5 cm³/mol. The largest absolute Gasteiger partial charge is 0.493 e. The van der Waals surface area contributed by atoms with Gasteiger partial charge in [-0.15, -0.1) is 0 Å². The van der Waals surface area contributed by atoms with E-state index >= 15 is 0 Å². The molecule has 68 valence electrons. The quantitative estimate of drug-likeness (QED) is 0.711. The first-order valence-electron chi connectivity index (χ1n) is 4.68. The average Bonchev–Trinajstić information content (AvgIpc) is 2.16. The molecule has 0 atom stereocenters. The molecule has 0 radical (unpaired) electrons. The molecule has 1 N–H and O–H groups in total. The Kier molecular flexibility index (Phi) is 2.05. The van der Waals surface area contributed by atoms with Gasteiger partial charge in [-0.2, -0.15) is 0 Å². The van der Waals surface area contributed by atoms with Crippen LogP contribution in [0.5, 0.6) is 5.88 Å². The van der Waals surface area contributed by atoms with Crippen LogP contribution in [-0.2, 0) is 6.42 Å². The fourth-order valence-electron chi connectivity index (χ4n) is 1.83. The normalized spacial score (nSPS) is 15.0. The summed E-state index contributed by atoms with van der Waals surface area (Å²) in [6.45, 7) is 2.15. The van der Waals surface area contributed by atoms with Gasteiger partial charge in [-0.3, -0.25) is 0 Å². The lowest BCUT2D eigenvalue weighted by atomic mass is 9.91. The molecule has 1 aliphatic rings. The van der Waals surface area contributed by atoms with E-state index in [0.717, 1.165) is 19.3 Å². The Bertz CT molecular complexity index is 355. The third-order valence-corrected chi connectivity index (χ3v) is 2.51. The zero-order valence-corrected chi connectivity index (χ0v) is 7.75. The van der Waals surface area contributed by atoms with Crippen molar-refractivity contribution in [2.75, 3.05) is 0 Å². The van der Waals surface area contributed by atoms with Crippen molar-refractivity contribution < 1.29 is 5.11 Å². The number of aromatic nitrogens is 1. The summed E-state index contributed by atoms with van der Waals surface area (Å²) >= 11 is 0. The van der Waals surface area contributed by atoms with E-state index in [9.17, 15) is 5.11 Å². The molecule has 0 bridgehead atoms. The molecule has 0 aliphatic heterocycles. The molecule has 0 fully saturated rings. The lowest BCUT2D eigenvalue weighted by Crippen LogP contribution is -1.99. The van der Waals surface area contributed by atoms with Crippen LogP contribution in [0.2, 0.25) is 0 Å². The average molecular weight is 175 g/mol. The number of fused-ring (bicyclic) bond motifs is 1. The minimum absolute atomic E-state index is 0.135. The van der Waals surface area contributed by atoms with Crippen molar-refractivity contribution in [3.05, 3.63) is 29.5 Å². The van der Waals surface area contributed by atoms with Crippen LogP contribution < -0.4 is 0 Å². The third-order valence-electron chi connectivity index (χ3n) is 2.51. The van der Waals surface area contributed by atoms with Crippen molar-refractivity contribution in [2.45, 2.75) is 26.2 Å². The monoisotopic (exact) mass is 175 g/mol. The lowest BCUT2D eigenvalue weighted by molar-refractivity contribution is 0.452. The van der Waals surface area contributed by atoms with Crippen molar-refractivity contribution in [3.63, 3.8) is 0 Å². The topological polar surface area (TPSA) is 33.1 Å². The van der Waals surface area contributed by atoms with Crippen molar-refractivity contribution in [1.29, 1.82) is 0 Å². The highest BCUT2D eigenvalue weighted by molar-refractivity contribution is 5.69. The Labute approximate surface area is 77.9 Å². The fraction of sp³-hybridized carbons (Fsp3) is 0.364. The standard InChI is InChI=1S/C11H13NO/c1-2-8-4-3-5-9-6-11(13)12-7-10(8)9/h4,6-7H,2-3,5H2,1H3,(H,12,13). The van der Waals surface area contributed by atoms with E-state index in [0.29, 0.717) is 0 Å². The number of aryl methyl sites for hydroxylation is 1. The number of pyridine rings is 1. The van der Waals surface area contributed by atoms with Crippen LogP contribution in [0.1, 0.15) is 30.9 Å². The molecule has 0 saturated carbocycles. The summed E-state index contributed by atoms with van der Waals surface area (Å²) in [5.74, 6) is 0.135. The fourth-order valence-corrected chi connectivity index (χ4v) is 1.83. The number of nitrogens with zero attached hydrogens (tertiary/aromatic N) is 1. The van der Waals surface area contributed by atoms with Crippen molar-refractivity contribution in [1.82, 2.24) is 4.98 Å². The third kappa shape index (κ3) is 1.44. The first-order valence-corrected chi connectivity index (χ1v) is 4.68. The molecular weight excluding hydrogens is 162 g/mol. The second-order valence-corrected chi connectivity index (χ2v) is 3.32. The Morgan fingerprint density at radius 3 is 3.15 bits per heavy atom. The number of hydrogen-bond donors (Lipinski definition) is 1. The highest BCUT2D eigenvalue weighted by atomic mass is 16.3. The van der Waals surface area contributed by atoms with Crippen LogP contribution in [0.4, 0.5) is 0 Å². The molecule has 1 heterocycles. The lowest BCUT2D eigenvalue weighted by Gasteiger charge is -2.15. The van der Waals surface area contributed by atoms with E-state index in [1.54, 1.807) is 12.3 Å². The molecular formula is C11H13NO. The van der Waals surface area contributed by atoms with E-state index in [-0.39, 0.29) is 5.88 Å². The number of allylic oxidation sites excluding steroid dienone is 2. The van der Waals surface area contributed by atoms with Gasteiger partial charge in [0.2, 0.25) is 5.88 Å². The van der Waals surface area contributed by atoms with Gasteiger partial charge >= 0.3 is 0 Å². The predicted octanol–water partition coefficient (Wildman–Crippen LogP) is 2.53. The highest BCUT2D eigenvalue weighted by Crippen LogP contribution is 2.29. The van der Waals surface area contributed by atoms with Crippen LogP contribution >= 0.6 is 0 Å². The Hall–Kier alpha value is -1.31. The summed E-state index contributed by atoms with van der Waals surface area (Å²) in [5, 5.41) is 9.22. The molecule has 0 spiro atoms. The minimum atomic E-state index is 0.135. The summed E-state index contributed by atoms with van der Waals surface area (Å²) in [7, 11) is 0. The van der Waals surface area contributed by atoms with Gasteiger partial charge in [0.15, 0.2) is 0 Å². The number of hydrogen-bond acceptors (Lipinski definition) is 2.